The lowest BCUT2D eigenvalue weighted by molar-refractivity contribution is -0.134. The van der Waals surface area contributed by atoms with Crippen molar-refractivity contribution in [1.82, 2.24) is 0 Å². The quantitative estimate of drug-likeness (QED) is 0.494. The standard InChI is InChI=1S/C6H13NO5S/c7-1-2-12-3-4-13(10,11)5-6(8)9/h1-5,7H2,(H,8,9). The van der Waals surface area contributed by atoms with Crippen LogP contribution in [0.25, 0.3) is 0 Å². The number of rotatable bonds is 7. The van der Waals surface area contributed by atoms with E-state index >= 15 is 0 Å². The van der Waals surface area contributed by atoms with Crippen LogP contribution in [-0.2, 0) is 19.4 Å². The van der Waals surface area contributed by atoms with Crippen LogP contribution in [0.15, 0.2) is 0 Å². The van der Waals surface area contributed by atoms with Crippen molar-refractivity contribution >= 4 is 15.8 Å². The highest BCUT2D eigenvalue weighted by Crippen LogP contribution is 1.90. The van der Waals surface area contributed by atoms with Crippen LogP contribution in [-0.4, -0.2) is 50.8 Å². The third-order valence-electron chi connectivity index (χ3n) is 1.14. The molecule has 0 bridgehead atoms. The van der Waals surface area contributed by atoms with E-state index in [1.54, 1.807) is 0 Å². The van der Waals surface area contributed by atoms with Crippen molar-refractivity contribution in [3.8, 4) is 0 Å². The van der Waals surface area contributed by atoms with Gasteiger partial charge in [-0.2, -0.15) is 0 Å². The molecule has 3 N–H and O–H groups in total. The van der Waals surface area contributed by atoms with Gasteiger partial charge in [0.05, 0.1) is 19.0 Å². The summed E-state index contributed by atoms with van der Waals surface area (Å²) in [7, 11) is -3.53. The summed E-state index contributed by atoms with van der Waals surface area (Å²) in [6, 6.07) is 0. The third kappa shape index (κ3) is 7.69. The number of sulfone groups is 1. The number of hydrogen-bond acceptors (Lipinski definition) is 5. The summed E-state index contributed by atoms with van der Waals surface area (Å²) in [5.41, 5.74) is 5.09. The molecule has 0 aliphatic rings. The Bertz CT molecular complexity index is 248. The summed E-state index contributed by atoms with van der Waals surface area (Å²) in [5.74, 6) is -2.48. The maximum atomic E-state index is 10.9. The highest BCUT2D eigenvalue weighted by Gasteiger charge is 2.15. The van der Waals surface area contributed by atoms with Gasteiger partial charge in [-0.1, -0.05) is 0 Å². The smallest absolute Gasteiger partial charge is 0.318 e. The van der Waals surface area contributed by atoms with Crippen molar-refractivity contribution in [2.45, 2.75) is 0 Å². The molecule has 0 spiro atoms. The second-order valence-corrected chi connectivity index (χ2v) is 4.57. The molecular formula is C6H13NO5S. The zero-order valence-electron chi connectivity index (χ0n) is 7.10. The highest BCUT2D eigenvalue weighted by molar-refractivity contribution is 7.92. The van der Waals surface area contributed by atoms with Crippen LogP contribution >= 0.6 is 0 Å². The Kier molecular flexibility index (Phi) is 5.60. The number of nitrogens with two attached hydrogens (primary N) is 1. The van der Waals surface area contributed by atoms with E-state index in [9.17, 15) is 13.2 Å². The maximum Gasteiger partial charge on any atom is 0.318 e. The molecule has 13 heavy (non-hydrogen) atoms. The number of carbonyl (C=O) groups is 1. The molecule has 0 aliphatic heterocycles. The molecule has 0 unspecified atom stereocenters. The van der Waals surface area contributed by atoms with E-state index in [1.165, 1.54) is 0 Å². The van der Waals surface area contributed by atoms with Crippen molar-refractivity contribution in [3.05, 3.63) is 0 Å². The van der Waals surface area contributed by atoms with Crippen molar-refractivity contribution in [3.63, 3.8) is 0 Å². The molecule has 0 radical (unpaired) electrons. The molecule has 0 saturated carbocycles. The largest absolute Gasteiger partial charge is 0.480 e. The SMILES string of the molecule is NCCOCCS(=O)(=O)CC(=O)O. The molecule has 0 rings (SSSR count). The van der Waals surface area contributed by atoms with Crippen LogP contribution in [0.2, 0.25) is 0 Å². The number of hydrogen-bond donors (Lipinski definition) is 2. The van der Waals surface area contributed by atoms with Crippen LogP contribution < -0.4 is 5.73 Å². The number of ether oxygens (including phenoxy) is 1. The van der Waals surface area contributed by atoms with Gasteiger partial charge in [-0.15, -0.1) is 0 Å². The first-order chi connectivity index (χ1) is 5.98. The first kappa shape index (κ1) is 12.3. The van der Waals surface area contributed by atoms with Crippen LogP contribution in [0.4, 0.5) is 0 Å². The van der Waals surface area contributed by atoms with E-state index in [2.05, 4.69) is 0 Å². The van der Waals surface area contributed by atoms with Crippen molar-refractivity contribution in [1.29, 1.82) is 0 Å². The van der Waals surface area contributed by atoms with Gasteiger partial charge in [-0.05, 0) is 0 Å². The summed E-state index contributed by atoms with van der Waals surface area (Å²) in [5, 5.41) is 8.21. The number of aliphatic carboxylic acids is 1. The molecule has 0 fully saturated rings. The minimum absolute atomic E-state index is 0.00713. The van der Waals surface area contributed by atoms with Gasteiger partial charge in [0.25, 0.3) is 0 Å². The normalized spacial score (nSPS) is 11.5. The predicted octanol–water partition coefficient (Wildman–Crippen LogP) is -1.54. The summed E-state index contributed by atoms with van der Waals surface area (Å²) in [6.45, 7) is 0.592. The molecule has 0 heterocycles. The van der Waals surface area contributed by atoms with E-state index in [1.807, 2.05) is 0 Å². The molecule has 0 saturated heterocycles. The lowest BCUT2D eigenvalue weighted by atomic mass is 10.7. The highest BCUT2D eigenvalue weighted by atomic mass is 32.2. The minimum Gasteiger partial charge on any atom is -0.480 e. The fourth-order valence-corrected chi connectivity index (χ4v) is 1.52. The van der Waals surface area contributed by atoms with Crippen LogP contribution in [0.3, 0.4) is 0 Å². The maximum absolute atomic E-state index is 10.9. The van der Waals surface area contributed by atoms with E-state index in [0.717, 1.165) is 0 Å². The second-order valence-electron chi connectivity index (χ2n) is 2.39. The molecular weight excluding hydrogens is 198 g/mol. The Balaban J connectivity index is 3.71. The first-order valence-corrected chi connectivity index (χ1v) is 5.50. The zero-order valence-corrected chi connectivity index (χ0v) is 7.92. The topological polar surface area (TPSA) is 107 Å². The molecule has 0 aliphatic carbocycles. The first-order valence-electron chi connectivity index (χ1n) is 3.68. The lowest BCUT2D eigenvalue weighted by Gasteiger charge is -2.02. The Morgan fingerprint density at radius 2 is 2.00 bits per heavy atom. The van der Waals surface area contributed by atoms with Crippen molar-refractivity contribution < 1.29 is 23.1 Å². The van der Waals surface area contributed by atoms with Crippen LogP contribution in [0.1, 0.15) is 0 Å². The summed E-state index contributed by atoms with van der Waals surface area (Å²) < 4.78 is 26.6. The van der Waals surface area contributed by atoms with Gasteiger partial charge >= 0.3 is 5.97 Å². The van der Waals surface area contributed by atoms with Crippen LogP contribution in [0.5, 0.6) is 0 Å². The number of carboxylic acids is 1. The molecule has 6 nitrogen and oxygen atoms in total. The zero-order chi connectivity index (χ0) is 10.3. The summed E-state index contributed by atoms with van der Waals surface area (Å²) >= 11 is 0. The predicted molar refractivity (Wildman–Crippen MR) is 46.2 cm³/mol. The van der Waals surface area contributed by atoms with E-state index in [0.29, 0.717) is 6.54 Å². The molecule has 0 aromatic carbocycles. The Morgan fingerprint density at radius 1 is 1.38 bits per heavy atom. The van der Waals surface area contributed by atoms with E-state index < -0.39 is 21.6 Å². The van der Waals surface area contributed by atoms with Gasteiger partial charge in [0, 0.05) is 6.54 Å². The molecule has 0 aromatic rings. The Morgan fingerprint density at radius 3 is 2.46 bits per heavy atom. The average molecular weight is 211 g/mol. The average Bonchev–Trinajstić information content (AvgIpc) is 1.95. The van der Waals surface area contributed by atoms with Crippen LogP contribution in [0, 0.1) is 0 Å². The van der Waals surface area contributed by atoms with Gasteiger partial charge < -0.3 is 15.6 Å². The van der Waals surface area contributed by atoms with Crippen molar-refractivity contribution in [2.75, 3.05) is 31.3 Å². The fourth-order valence-electron chi connectivity index (χ4n) is 0.632. The van der Waals surface area contributed by atoms with Crippen molar-refractivity contribution in [2.24, 2.45) is 5.73 Å². The van der Waals surface area contributed by atoms with E-state index in [-0.39, 0.29) is 19.0 Å². The van der Waals surface area contributed by atoms with Gasteiger partial charge in [-0.25, -0.2) is 8.42 Å². The molecule has 0 amide bonds. The minimum atomic E-state index is -3.53. The number of carboxylic acid groups (broad SMARTS) is 1. The van der Waals surface area contributed by atoms with Gasteiger partial charge in [0.2, 0.25) is 0 Å². The fraction of sp³-hybridized carbons (Fsp3) is 0.833. The van der Waals surface area contributed by atoms with Gasteiger partial charge in [0.1, 0.15) is 5.75 Å². The Labute approximate surface area is 76.6 Å². The van der Waals surface area contributed by atoms with Gasteiger partial charge in [0.15, 0.2) is 9.84 Å². The molecule has 0 atom stereocenters. The molecule has 78 valence electrons. The summed E-state index contributed by atoms with van der Waals surface area (Å²) in [6.07, 6.45) is 0. The monoisotopic (exact) mass is 211 g/mol. The second kappa shape index (κ2) is 5.90. The summed E-state index contributed by atoms with van der Waals surface area (Å²) in [4.78, 5) is 10.1. The van der Waals surface area contributed by atoms with Gasteiger partial charge in [-0.3, -0.25) is 4.79 Å². The third-order valence-corrected chi connectivity index (χ3v) is 2.62. The molecule has 7 heteroatoms. The lowest BCUT2D eigenvalue weighted by Crippen LogP contribution is -2.22. The molecule has 0 aromatic heterocycles. The van der Waals surface area contributed by atoms with E-state index in [4.69, 9.17) is 15.6 Å². The Hall–Kier alpha value is -0.660.